The van der Waals surface area contributed by atoms with E-state index < -0.39 is 0 Å². The van der Waals surface area contributed by atoms with Crippen LogP contribution in [0.25, 0.3) is 0 Å². The van der Waals surface area contributed by atoms with Gasteiger partial charge in [0.05, 0.1) is 6.33 Å². The molecule has 0 aromatic carbocycles. The van der Waals surface area contributed by atoms with E-state index in [0.29, 0.717) is 18.8 Å². The maximum Gasteiger partial charge on any atom is 0.271 e. The van der Waals surface area contributed by atoms with Gasteiger partial charge in [0.15, 0.2) is 5.82 Å². The van der Waals surface area contributed by atoms with Crippen LogP contribution in [0, 0.1) is 11.8 Å². The minimum Gasteiger partial charge on any atom is -0.368 e. The van der Waals surface area contributed by atoms with Crippen molar-refractivity contribution in [2.75, 3.05) is 11.9 Å². The highest BCUT2D eigenvalue weighted by molar-refractivity contribution is 6.32. The van der Waals surface area contributed by atoms with Crippen LogP contribution in [0.15, 0.2) is 11.1 Å². The smallest absolute Gasteiger partial charge is 0.271 e. The first kappa shape index (κ1) is 10.6. The number of hydrogen-bond donors (Lipinski definition) is 2. The fourth-order valence-electron chi connectivity index (χ4n) is 0.875. The predicted octanol–water partition coefficient (Wildman–Crippen LogP) is 1.25. The summed E-state index contributed by atoms with van der Waals surface area (Å²) in [6.07, 6.45) is 2.00. The first-order valence-electron chi connectivity index (χ1n) is 4.12. The summed E-state index contributed by atoms with van der Waals surface area (Å²) in [6, 6.07) is 0. The lowest BCUT2D eigenvalue weighted by atomic mass is 10.4. The van der Waals surface area contributed by atoms with E-state index in [9.17, 15) is 4.79 Å². The molecule has 1 rings (SSSR count). The molecule has 2 N–H and O–H groups in total. The summed E-state index contributed by atoms with van der Waals surface area (Å²) in [7, 11) is 0. The van der Waals surface area contributed by atoms with Gasteiger partial charge < -0.3 is 10.3 Å². The van der Waals surface area contributed by atoms with Crippen molar-refractivity contribution in [3.8, 4) is 11.8 Å². The molecule has 0 saturated heterocycles. The average Bonchev–Trinajstić information content (AvgIpc) is 2.19. The van der Waals surface area contributed by atoms with Crippen molar-refractivity contribution in [1.29, 1.82) is 0 Å². The van der Waals surface area contributed by atoms with E-state index in [-0.39, 0.29) is 10.6 Å². The molecule has 4 nitrogen and oxygen atoms in total. The fourth-order valence-corrected chi connectivity index (χ4v) is 1.04. The highest BCUT2D eigenvalue weighted by atomic mass is 35.5. The second-order valence-corrected chi connectivity index (χ2v) is 2.88. The van der Waals surface area contributed by atoms with Crippen LogP contribution in [0.4, 0.5) is 5.82 Å². The van der Waals surface area contributed by atoms with E-state index >= 15 is 0 Å². The Morgan fingerprint density at radius 2 is 2.50 bits per heavy atom. The molecule has 74 valence electrons. The topological polar surface area (TPSA) is 57.8 Å². The largest absolute Gasteiger partial charge is 0.368 e. The van der Waals surface area contributed by atoms with Crippen LogP contribution in [-0.2, 0) is 0 Å². The van der Waals surface area contributed by atoms with E-state index in [4.69, 9.17) is 11.6 Å². The molecular formula is C9H10ClN3O. The number of rotatable bonds is 3. The zero-order chi connectivity index (χ0) is 10.4. The van der Waals surface area contributed by atoms with E-state index in [1.165, 1.54) is 6.33 Å². The minimum absolute atomic E-state index is 0.0805. The average molecular weight is 212 g/mol. The molecule has 0 bridgehead atoms. The van der Waals surface area contributed by atoms with Crippen LogP contribution < -0.4 is 10.9 Å². The van der Waals surface area contributed by atoms with Gasteiger partial charge in [-0.05, 0) is 6.92 Å². The Labute approximate surface area is 86.7 Å². The van der Waals surface area contributed by atoms with Crippen molar-refractivity contribution in [1.82, 2.24) is 9.97 Å². The van der Waals surface area contributed by atoms with Crippen LogP contribution in [0.2, 0.25) is 5.02 Å². The minimum atomic E-state index is -0.342. The van der Waals surface area contributed by atoms with E-state index in [2.05, 4.69) is 27.1 Å². The van der Waals surface area contributed by atoms with Crippen molar-refractivity contribution in [3.63, 3.8) is 0 Å². The van der Waals surface area contributed by atoms with Gasteiger partial charge in [0.25, 0.3) is 5.56 Å². The molecule has 0 atom stereocenters. The third-order valence-electron chi connectivity index (χ3n) is 1.52. The third kappa shape index (κ3) is 2.79. The number of aromatic amines is 1. The summed E-state index contributed by atoms with van der Waals surface area (Å²) in [4.78, 5) is 17.3. The maximum atomic E-state index is 11.0. The molecule has 5 heteroatoms. The van der Waals surface area contributed by atoms with Crippen LogP contribution in [0.5, 0.6) is 0 Å². The second-order valence-electron chi connectivity index (χ2n) is 2.50. The van der Waals surface area contributed by atoms with Gasteiger partial charge in [-0.15, -0.1) is 11.8 Å². The Balaban J connectivity index is 2.62. The summed E-state index contributed by atoms with van der Waals surface area (Å²) in [6.45, 7) is 2.40. The van der Waals surface area contributed by atoms with Gasteiger partial charge in [0.2, 0.25) is 0 Å². The van der Waals surface area contributed by atoms with Gasteiger partial charge in [-0.1, -0.05) is 11.6 Å². The summed E-state index contributed by atoms with van der Waals surface area (Å²) in [5.41, 5.74) is -0.342. The van der Waals surface area contributed by atoms with Gasteiger partial charge >= 0.3 is 0 Å². The van der Waals surface area contributed by atoms with Crippen LogP contribution in [-0.4, -0.2) is 16.5 Å². The fraction of sp³-hybridized carbons (Fsp3) is 0.333. The summed E-state index contributed by atoms with van der Waals surface area (Å²) in [5, 5.41) is 3.00. The van der Waals surface area contributed by atoms with Crippen LogP contribution >= 0.6 is 11.6 Å². The zero-order valence-electron chi connectivity index (χ0n) is 7.72. The monoisotopic (exact) mass is 211 g/mol. The number of aromatic nitrogens is 2. The second kappa shape index (κ2) is 5.30. The van der Waals surface area contributed by atoms with E-state index in [1.54, 1.807) is 6.92 Å². The number of halogens is 1. The number of nitrogens with one attached hydrogen (secondary N) is 2. The Hall–Kier alpha value is -1.47. The molecule has 0 spiro atoms. The molecule has 0 unspecified atom stereocenters. The van der Waals surface area contributed by atoms with E-state index in [1.807, 2.05) is 0 Å². The number of H-pyrrole nitrogens is 1. The molecule has 1 aromatic heterocycles. The molecule has 0 aliphatic rings. The lowest BCUT2D eigenvalue weighted by Gasteiger charge is -2.03. The molecule has 0 aliphatic heterocycles. The van der Waals surface area contributed by atoms with Crippen LogP contribution in [0.1, 0.15) is 13.3 Å². The molecule has 0 aliphatic carbocycles. The zero-order valence-corrected chi connectivity index (χ0v) is 8.48. The molecule has 1 heterocycles. The first-order chi connectivity index (χ1) is 6.75. The van der Waals surface area contributed by atoms with Crippen molar-refractivity contribution in [2.24, 2.45) is 0 Å². The standard InChI is InChI=1S/C9H10ClN3O/c1-2-3-4-5-11-8-7(10)9(14)13-6-12-8/h6H,4-5H2,1H3,(H2,11,12,13,14). The van der Waals surface area contributed by atoms with Gasteiger partial charge in [-0.2, -0.15) is 0 Å². The summed E-state index contributed by atoms with van der Waals surface area (Å²) in [5.74, 6) is 6.05. The Kier molecular flexibility index (Phi) is 4.02. The SMILES string of the molecule is CC#CCCNc1nc[nH]c(=O)c1Cl. The van der Waals surface area contributed by atoms with Gasteiger partial charge in [0.1, 0.15) is 5.02 Å². The third-order valence-corrected chi connectivity index (χ3v) is 1.87. The molecule has 1 aromatic rings. The highest BCUT2D eigenvalue weighted by Gasteiger charge is 2.03. The molecule has 0 radical (unpaired) electrons. The molecule has 14 heavy (non-hydrogen) atoms. The number of nitrogens with zero attached hydrogens (tertiary/aromatic N) is 1. The molecule has 0 amide bonds. The molecule has 0 fully saturated rings. The van der Waals surface area contributed by atoms with E-state index in [0.717, 1.165) is 0 Å². The quantitative estimate of drug-likeness (QED) is 0.585. The van der Waals surface area contributed by atoms with Crippen LogP contribution in [0.3, 0.4) is 0 Å². The lowest BCUT2D eigenvalue weighted by molar-refractivity contribution is 1.04. The van der Waals surface area contributed by atoms with Crippen molar-refractivity contribution < 1.29 is 0 Å². The van der Waals surface area contributed by atoms with Crippen molar-refractivity contribution in [2.45, 2.75) is 13.3 Å². The Morgan fingerprint density at radius 3 is 3.21 bits per heavy atom. The maximum absolute atomic E-state index is 11.0. The Morgan fingerprint density at radius 1 is 1.71 bits per heavy atom. The normalized spacial score (nSPS) is 9.00. The van der Waals surface area contributed by atoms with Gasteiger partial charge in [-0.3, -0.25) is 4.79 Å². The highest BCUT2D eigenvalue weighted by Crippen LogP contribution is 2.11. The lowest BCUT2D eigenvalue weighted by Crippen LogP contribution is -2.12. The van der Waals surface area contributed by atoms with Crippen molar-refractivity contribution >= 4 is 17.4 Å². The molecule has 0 saturated carbocycles. The predicted molar refractivity (Wildman–Crippen MR) is 56.4 cm³/mol. The number of hydrogen-bond acceptors (Lipinski definition) is 3. The summed E-state index contributed by atoms with van der Waals surface area (Å²) >= 11 is 5.70. The Bertz CT molecular complexity index is 416. The number of anilines is 1. The molecular weight excluding hydrogens is 202 g/mol. The van der Waals surface area contributed by atoms with Gasteiger partial charge in [0, 0.05) is 13.0 Å². The van der Waals surface area contributed by atoms with Crippen molar-refractivity contribution in [3.05, 3.63) is 21.7 Å². The summed E-state index contributed by atoms with van der Waals surface area (Å²) < 4.78 is 0. The first-order valence-corrected chi connectivity index (χ1v) is 4.50. The van der Waals surface area contributed by atoms with Gasteiger partial charge in [-0.25, -0.2) is 4.98 Å².